The van der Waals surface area contributed by atoms with Gasteiger partial charge in [-0.05, 0) is 42.8 Å². The van der Waals surface area contributed by atoms with E-state index in [0.29, 0.717) is 30.2 Å². The van der Waals surface area contributed by atoms with Gasteiger partial charge < -0.3 is 20.7 Å². The monoisotopic (exact) mass is 381 g/mol. The van der Waals surface area contributed by atoms with E-state index in [0.717, 1.165) is 18.5 Å². The molecule has 0 aromatic heterocycles. The number of ether oxygens (including phenoxy) is 1. The fraction of sp³-hybridized carbons (Fsp3) is 0.273. The van der Waals surface area contributed by atoms with Gasteiger partial charge in [0.2, 0.25) is 5.91 Å². The number of unbranched alkanes of at least 4 members (excludes halogenated alkanes) is 1. The van der Waals surface area contributed by atoms with Crippen molar-refractivity contribution in [3.05, 3.63) is 66.7 Å². The van der Waals surface area contributed by atoms with E-state index >= 15 is 0 Å². The van der Waals surface area contributed by atoms with Crippen LogP contribution in [0.2, 0.25) is 0 Å². The van der Waals surface area contributed by atoms with Crippen molar-refractivity contribution < 1.29 is 14.3 Å². The van der Waals surface area contributed by atoms with Crippen molar-refractivity contribution >= 4 is 23.2 Å². The molecule has 0 aliphatic heterocycles. The fourth-order valence-corrected chi connectivity index (χ4v) is 2.44. The number of amides is 2. The summed E-state index contributed by atoms with van der Waals surface area (Å²) in [5.74, 6) is 0.305. The molecule has 0 atom stereocenters. The molecule has 2 amide bonds. The second kappa shape index (κ2) is 11.4. The number of carbonyl (C=O) groups excluding carboxylic acids is 2. The molecular weight excluding hydrogens is 354 g/mol. The molecular formula is C22H27N3O3. The minimum atomic E-state index is -0.198. The Morgan fingerprint density at radius 1 is 1.11 bits per heavy atom. The minimum absolute atomic E-state index is 0.0890. The van der Waals surface area contributed by atoms with Gasteiger partial charge in [0.25, 0.3) is 5.91 Å². The molecule has 148 valence electrons. The number of benzene rings is 2. The Kier molecular flexibility index (Phi) is 8.59. The Morgan fingerprint density at radius 3 is 2.57 bits per heavy atom. The van der Waals surface area contributed by atoms with Crippen LogP contribution >= 0.6 is 0 Å². The largest absolute Gasteiger partial charge is 0.487 e. The van der Waals surface area contributed by atoms with Crippen LogP contribution in [0.5, 0.6) is 5.75 Å². The number of anilines is 2. The van der Waals surface area contributed by atoms with E-state index in [1.807, 2.05) is 12.1 Å². The quantitative estimate of drug-likeness (QED) is 0.408. The minimum Gasteiger partial charge on any atom is -0.487 e. The summed E-state index contributed by atoms with van der Waals surface area (Å²) >= 11 is 0. The third kappa shape index (κ3) is 6.79. The Hall–Kier alpha value is -3.28. The molecule has 0 spiro atoms. The Morgan fingerprint density at radius 2 is 1.86 bits per heavy atom. The first-order valence-corrected chi connectivity index (χ1v) is 9.38. The Bertz CT molecular complexity index is 788. The molecule has 6 heteroatoms. The summed E-state index contributed by atoms with van der Waals surface area (Å²) < 4.78 is 5.53. The molecule has 3 N–H and O–H groups in total. The first kappa shape index (κ1) is 21.0. The molecule has 0 unspecified atom stereocenters. The number of para-hydroxylation sites is 2. The van der Waals surface area contributed by atoms with Crippen LogP contribution in [0.3, 0.4) is 0 Å². The second-order valence-electron chi connectivity index (χ2n) is 6.18. The maximum Gasteiger partial charge on any atom is 0.251 e. The van der Waals surface area contributed by atoms with Gasteiger partial charge in [0, 0.05) is 17.8 Å². The summed E-state index contributed by atoms with van der Waals surface area (Å²) in [5, 5.41) is 8.74. The predicted molar refractivity (Wildman–Crippen MR) is 113 cm³/mol. The van der Waals surface area contributed by atoms with Crippen LogP contribution in [0.4, 0.5) is 11.4 Å². The van der Waals surface area contributed by atoms with Crippen LogP contribution in [-0.4, -0.2) is 31.5 Å². The second-order valence-corrected chi connectivity index (χ2v) is 6.18. The van der Waals surface area contributed by atoms with E-state index in [2.05, 4.69) is 29.5 Å². The normalized spacial score (nSPS) is 10.0. The van der Waals surface area contributed by atoms with E-state index in [9.17, 15) is 9.59 Å². The molecule has 0 radical (unpaired) electrons. The fourth-order valence-electron chi connectivity index (χ4n) is 2.44. The summed E-state index contributed by atoms with van der Waals surface area (Å²) in [6, 6.07) is 14.3. The lowest BCUT2D eigenvalue weighted by atomic mass is 10.2. The Balaban J connectivity index is 1.84. The predicted octanol–water partition coefficient (Wildman–Crippen LogP) is 3.83. The molecule has 2 rings (SSSR count). The van der Waals surface area contributed by atoms with Gasteiger partial charge in [-0.25, -0.2) is 0 Å². The van der Waals surface area contributed by atoms with Gasteiger partial charge in [-0.15, -0.1) is 0 Å². The molecule has 0 heterocycles. The zero-order valence-electron chi connectivity index (χ0n) is 16.2. The van der Waals surface area contributed by atoms with Crippen molar-refractivity contribution in [2.24, 2.45) is 0 Å². The zero-order valence-corrected chi connectivity index (χ0v) is 16.2. The van der Waals surface area contributed by atoms with E-state index in [1.165, 1.54) is 0 Å². The number of carbonyl (C=O) groups is 2. The highest BCUT2D eigenvalue weighted by Gasteiger charge is 2.08. The van der Waals surface area contributed by atoms with Crippen LogP contribution in [0.25, 0.3) is 0 Å². The van der Waals surface area contributed by atoms with Crippen LogP contribution < -0.4 is 20.7 Å². The van der Waals surface area contributed by atoms with E-state index < -0.39 is 0 Å². The topological polar surface area (TPSA) is 79.5 Å². The molecule has 0 saturated carbocycles. The lowest BCUT2D eigenvalue weighted by Gasteiger charge is -2.12. The first-order chi connectivity index (χ1) is 13.6. The average Bonchev–Trinajstić information content (AvgIpc) is 2.72. The smallest absolute Gasteiger partial charge is 0.251 e. The van der Waals surface area contributed by atoms with Gasteiger partial charge in [-0.2, -0.15) is 0 Å². The van der Waals surface area contributed by atoms with Gasteiger partial charge in [0.15, 0.2) is 0 Å². The van der Waals surface area contributed by atoms with E-state index in [1.54, 1.807) is 42.5 Å². The Labute approximate surface area is 166 Å². The first-order valence-electron chi connectivity index (χ1n) is 9.38. The van der Waals surface area contributed by atoms with Gasteiger partial charge in [0.05, 0.1) is 12.2 Å². The van der Waals surface area contributed by atoms with Crippen LogP contribution in [0, 0.1) is 0 Å². The highest BCUT2D eigenvalue weighted by Crippen LogP contribution is 2.23. The van der Waals surface area contributed by atoms with Crippen molar-refractivity contribution in [3.8, 4) is 5.75 Å². The molecule has 2 aromatic rings. The van der Waals surface area contributed by atoms with Crippen molar-refractivity contribution in [2.75, 3.05) is 30.3 Å². The molecule has 0 saturated heterocycles. The van der Waals surface area contributed by atoms with Crippen molar-refractivity contribution in [3.63, 3.8) is 0 Å². The molecule has 0 aliphatic rings. The number of rotatable bonds is 11. The van der Waals surface area contributed by atoms with Gasteiger partial charge in [0.1, 0.15) is 12.4 Å². The number of nitrogens with one attached hydrogen (secondary N) is 3. The standard InChI is InChI=1S/C22H27N3O3/c1-3-5-14-23-22(27)17-10-12-18(13-11-17)24-16-21(26)25-19-8-6-7-9-20(19)28-15-4-2/h4,6-13,24H,2-3,5,14-16H2,1H3,(H,23,27)(H,25,26). The summed E-state index contributed by atoms with van der Waals surface area (Å²) in [6.45, 7) is 6.83. The van der Waals surface area contributed by atoms with E-state index in [4.69, 9.17) is 4.74 Å². The highest BCUT2D eigenvalue weighted by molar-refractivity contribution is 5.96. The van der Waals surface area contributed by atoms with Crippen LogP contribution in [0.1, 0.15) is 30.1 Å². The van der Waals surface area contributed by atoms with Crippen molar-refractivity contribution in [1.29, 1.82) is 0 Å². The molecule has 28 heavy (non-hydrogen) atoms. The molecule has 6 nitrogen and oxygen atoms in total. The average molecular weight is 381 g/mol. The van der Waals surface area contributed by atoms with Crippen molar-refractivity contribution in [2.45, 2.75) is 19.8 Å². The van der Waals surface area contributed by atoms with Gasteiger partial charge in [-0.1, -0.05) is 38.1 Å². The van der Waals surface area contributed by atoms with Crippen molar-refractivity contribution in [1.82, 2.24) is 5.32 Å². The van der Waals surface area contributed by atoms with Gasteiger partial charge in [-0.3, -0.25) is 9.59 Å². The summed E-state index contributed by atoms with van der Waals surface area (Å²) in [6.07, 6.45) is 3.65. The van der Waals surface area contributed by atoms with Crippen LogP contribution in [0.15, 0.2) is 61.2 Å². The third-order valence-corrected chi connectivity index (χ3v) is 3.93. The number of hydrogen-bond acceptors (Lipinski definition) is 4. The number of hydrogen-bond donors (Lipinski definition) is 3. The lowest BCUT2D eigenvalue weighted by Crippen LogP contribution is -2.24. The molecule has 0 fully saturated rings. The van der Waals surface area contributed by atoms with Crippen LogP contribution in [-0.2, 0) is 4.79 Å². The molecule has 2 aromatic carbocycles. The molecule has 0 bridgehead atoms. The summed E-state index contributed by atoms with van der Waals surface area (Å²) in [5.41, 5.74) is 1.96. The SMILES string of the molecule is C=CCOc1ccccc1NC(=O)CNc1ccc(C(=O)NCCCC)cc1. The zero-order chi connectivity index (χ0) is 20.2. The van der Waals surface area contributed by atoms with E-state index in [-0.39, 0.29) is 18.4 Å². The summed E-state index contributed by atoms with van der Waals surface area (Å²) in [4.78, 5) is 24.2. The summed E-state index contributed by atoms with van der Waals surface area (Å²) in [7, 11) is 0. The third-order valence-electron chi connectivity index (χ3n) is 3.93. The van der Waals surface area contributed by atoms with Gasteiger partial charge >= 0.3 is 0 Å². The maximum absolute atomic E-state index is 12.2. The lowest BCUT2D eigenvalue weighted by molar-refractivity contribution is -0.114. The maximum atomic E-state index is 12.2. The highest BCUT2D eigenvalue weighted by atomic mass is 16.5. The molecule has 0 aliphatic carbocycles.